The maximum atomic E-state index is 12.1. The molecular formula is C14H11NO5. The molecule has 0 aliphatic carbocycles. The van der Waals surface area contributed by atoms with Gasteiger partial charge in [-0.3, -0.25) is 0 Å². The van der Waals surface area contributed by atoms with Gasteiger partial charge < -0.3 is 18.6 Å². The lowest BCUT2D eigenvalue weighted by molar-refractivity contribution is 0.0445. The van der Waals surface area contributed by atoms with E-state index < -0.39 is 11.8 Å². The van der Waals surface area contributed by atoms with Crippen LogP contribution in [0.25, 0.3) is 10.9 Å². The van der Waals surface area contributed by atoms with Gasteiger partial charge in [0.2, 0.25) is 0 Å². The van der Waals surface area contributed by atoms with Gasteiger partial charge in [0.15, 0.2) is 18.1 Å². The third-order valence-corrected chi connectivity index (χ3v) is 2.98. The molecule has 0 spiro atoms. The predicted molar refractivity (Wildman–Crippen MR) is 69.4 cm³/mol. The fraction of sp³-hybridized carbons (Fsp3) is 0.143. The van der Waals surface area contributed by atoms with E-state index in [2.05, 4.69) is 4.98 Å². The average Bonchev–Trinajstić information content (AvgIpc) is 3.01. The van der Waals surface area contributed by atoms with E-state index in [4.69, 9.17) is 13.6 Å². The van der Waals surface area contributed by atoms with E-state index in [-0.39, 0.29) is 12.4 Å². The standard InChI is InChI=1S/C14H11NO5/c1-8-12(20-14(17)19-8)7-18-13(16)10-3-2-4-11-9(10)5-6-15-11/h2-6,15H,7H2,1H3. The van der Waals surface area contributed by atoms with Gasteiger partial charge in [0.05, 0.1) is 5.56 Å². The van der Waals surface area contributed by atoms with Crippen LogP contribution in [0.15, 0.2) is 44.1 Å². The van der Waals surface area contributed by atoms with Crippen LogP contribution in [0.3, 0.4) is 0 Å². The van der Waals surface area contributed by atoms with Gasteiger partial charge in [-0.05, 0) is 25.1 Å². The highest BCUT2D eigenvalue weighted by molar-refractivity contribution is 6.03. The van der Waals surface area contributed by atoms with E-state index in [9.17, 15) is 9.59 Å². The van der Waals surface area contributed by atoms with Crippen LogP contribution in [0.2, 0.25) is 0 Å². The second kappa shape index (κ2) is 4.73. The Hall–Kier alpha value is -2.76. The number of aryl methyl sites for hydroxylation is 1. The molecule has 0 aliphatic rings. The first-order chi connectivity index (χ1) is 9.65. The fourth-order valence-electron chi connectivity index (χ4n) is 1.98. The molecule has 1 N–H and O–H groups in total. The van der Waals surface area contributed by atoms with Crippen molar-refractivity contribution in [1.29, 1.82) is 0 Å². The minimum absolute atomic E-state index is 0.142. The number of hydrogen-bond acceptors (Lipinski definition) is 5. The van der Waals surface area contributed by atoms with E-state index in [0.29, 0.717) is 11.3 Å². The smallest absolute Gasteiger partial charge is 0.454 e. The van der Waals surface area contributed by atoms with Crippen molar-refractivity contribution in [2.24, 2.45) is 0 Å². The number of rotatable bonds is 3. The molecule has 0 saturated carbocycles. The molecule has 0 unspecified atom stereocenters. The number of benzene rings is 1. The van der Waals surface area contributed by atoms with E-state index in [0.717, 1.165) is 10.9 Å². The number of hydrogen-bond donors (Lipinski definition) is 1. The third-order valence-electron chi connectivity index (χ3n) is 2.98. The van der Waals surface area contributed by atoms with Crippen molar-refractivity contribution >= 4 is 16.9 Å². The zero-order valence-corrected chi connectivity index (χ0v) is 10.6. The number of carbonyl (C=O) groups excluding carboxylic acids is 1. The summed E-state index contributed by atoms with van der Waals surface area (Å²) in [5.74, 6) is -0.771. The van der Waals surface area contributed by atoms with E-state index in [1.54, 1.807) is 31.3 Å². The fourth-order valence-corrected chi connectivity index (χ4v) is 1.98. The lowest BCUT2D eigenvalue weighted by atomic mass is 10.1. The highest BCUT2D eigenvalue weighted by Gasteiger charge is 2.15. The van der Waals surface area contributed by atoms with E-state index in [1.165, 1.54) is 0 Å². The van der Waals surface area contributed by atoms with E-state index >= 15 is 0 Å². The van der Waals surface area contributed by atoms with Gasteiger partial charge in [-0.15, -0.1) is 0 Å². The van der Waals surface area contributed by atoms with Gasteiger partial charge in [-0.25, -0.2) is 9.59 Å². The van der Waals surface area contributed by atoms with Crippen molar-refractivity contribution in [3.63, 3.8) is 0 Å². The van der Waals surface area contributed by atoms with Crippen LogP contribution < -0.4 is 5.82 Å². The molecule has 0 aliphatic heterocycles. The second-order valence-electron chi connectivity index (χ2n) is 4.25. The monoisotopic (exact) mass is 273 g/mol. The summed E-state index contributed by atoms with van der Waals surface area (Å²) in [6.45, 7) is 1.43. The summed E-state index contributed by atoms with van der Waals surface area (Å²) in [4.78, 5) is 26.0. The summed E-state index contributed by atoms with van der Waals surface area (Å²) >= 11 is 0. The van der Waals surface area contributed by atoms with Gasteiger partial charge in [0.25, 0.3) is 0 Å². The predicted octanol–water partition coefficient (Wildman–Crippen LogP) is 2.38. The SMILES string of the molecule is Cc1oc(=O)oc1COC(=O)c1cccc2[nH]ccc12. The number of aromatic amines is 1. The Morgan fingerprint density at radius 1 is 1.30 bits per heavy atom. The first kappa shape index (κ1) is 12.3. The Morgan fingerprint density at radius 2 is 2.15 bits per heavy atom. The largest absolute Gasteiger partial charge is 0.519 e. The first-order valence-electron chi connectivity index (χ1n) is 5.98. The van der Waals surface area contributed by atoms with Crippen LogP contribution >= 0.6 is 0 Å². The quantitative estimate of drug-likeness (QED) is 0.740. The van der Waals surface area contributed by atoms with Gasteiger partial charge in [0, 0.05) is 17.1 Å². The molecule has 3 aromatic rings. The van der Waals surface area contributed by atoms with Gasteiger partial charge >= 0.3 is 11.8 Å². The lowest BCUT2D eigenvalue weighted by Crippen LogP contribution is -2.05. The molecule has 20 heavy (non-hydrogen) atoms. The Bertz CT molecular complexity index is 823. The summed E-state index contributed by atoms with van der Waals surface area (Å²) in [6.07, 6.45) is 1.75. The number of ether oxygens (including phenoxy) is 1. The molecule has 0 saturated heterocycles. The highest BCUT2D eigenvalue weighted by atomic mass is 16.6. The van der Waals surface area contributed by atoms with Crippen LogP contribution in [-0.4, -0.2) is 11.0 Å². The highest BCUT2D eigenvalue weighted by Crippen LogP contribution is 2.19. The summed E-state index contributed by atoms with van der Waals surface area (Å²) < 4.78 is 14.6. The molecule has 1 aromatic carbocycles. The Kier molecular flexibility index (Phi) is 2.90. The van der Waals surface area contributed by atoms with Gasteiger partial charge in [-0.2, -0.15) is 0 Å². The van der Waals surface area contributed by atoms with E-state index in [1.807, 2.05) is 6.07 Å². The maximum absolute atomic E-state index is 12.1. The van der Waals surface area contributed by atoms with Crippen molar-refractivity contribution in [3.8, 4) is 0 Å². The molecule has 0 atom stereocenters. The molecule has 0 amide bonds. The second-order valence-corrected chi connectivity index (χ2v) is 4.25. The number of carbonyl (C=O) groups is 1. The number of nitrogens with one attached hydrogen (secondary N) is 1. The maximum Gasteiger partial charge on any atom is 0.519 e. The van der Waals surface area contributed by atoms with Crippen molar-refractivity contribution < 1.29 is 18.4 Å². The Balaban J connectivity index is 1.81. The number of esters is 1. The first-order valence-corrected chi connectivity index (χ1v) is 5.98. The molecule has 3 rings (SSSR count). The summed E-state index contributed by atoms with van der Waals surface area (Å²) in [6, 6.07) is 7.11. The molecule has 6 nitrogen and oxygen atoms in total. The number of H-pyrrole nitrogens is 1. The topological polar surface area (TPSA) is 85.4 Å². The normalized spacial score (nSPS) is 10.8. The molecule has 102 valence electrons. The lowest BCUT2D eigenvalue weighted by Gasteiger charge is -2.04. The molecule has 2 heterocycles. The summed E-state index contributed by atoms with van der Waals surface area (Å²) in [7, 11) is 0. The van der Waals surface area contributed by atoms with Gasteiger partial charge in [0.1, 0.15) is 0 Å². The number of fused-ring (bicyclic) bond motifs is 1. The molecule has 2 aromatic heterocycles. The molecular weight excluding hydrogens is 262 g/mol. The molecule has 0 fully saturated rings. The average molecular weight is 273 g/mol. The van der Waals surface area contributed by atoms with Crippen molar-refractivity contribution in [2.45, 2.75) is 13.5 Å². The van der Waals surface area contributed by atoms with Crippen LogP contribution in [0, 0.1) is 6.92 Å². The molecule has 6 heteroatoms. The van der Waals surface area contributed by atoms with Crippen LogP contribution in [0.1, 0.15) is 21.9 Å². The zero-order valence-electron chi connectivity index (χ0n) is 10.6. The zero-order chi connectivity index (χ0) is 14.1. The molecule has 0 bridgehead atoms. The van der Waals surface area contributed by atoms with Crippen molar-refractivity contribution in [1.82, 2.24) is 4.98 Å². The van der Waals surface area contributed by atoms with Crippen LogP contribution in [-0.2, 0) is 11.3 Å². The van der Waals surface area contributed by atoms with Crippen LogP contribution in [0.5, 0.6) is 0 Å². The molecule has 0 radical (unpaired) electrons. The Labute approximate surface area is 113 Å². The van der Waals surface area contributed by atoms with Crippen molar-refractivity contribution in [3.05, 3.63) is 58.2 Å². The minimum atomic E-state index is -0.804. The van der Waals surface area contributed by atoms with Crippen molar-refractivity contribution in [2.75, 3.05) is 0 Å². The summed E-state index contributed by atoms with van der Waals surface area (Å²) in [5.41, 5.74) is 1.30. The number of aromatic nitrogens is 1. The van der Waals surface area contributed by atoms with Gasteiger partial charge in [-0.1, -0.05) is 6.07 Å². The summed E-state index contributed by atoms with van der Waals surface area (Å²) in [5, 5.41) is 0.780. The Morgan fingerprint density at radius 3 is 2.90 bits per heavy atom. The van der Waals surface area contributed by atoms with Crippen LogP contribution in [0.4, 0.5) is 0 Å². The minimum Gasteiger partial charge on any atom is -0.454 e. The third kappa shape index (κ3) is 2.11.